The average molecular weight is 431 g/mol. The quantitative estimate of drug-likeness (QED) is 0.549. The van der Waals surface area contributed by atoms with Gasteiger partial charge >= 0.3 is 5.97 Å². The van der Waals surface area contributed by atoms with E-state index < -0.39 is 29.8 Å². The Hall–Kier alpha value is -3.28. The summed E-state index contributed by atoms with van der Waals surface area (Å²) in [6, 6.07) is 16.0. The van der Waals surface area contributed by atoms with Crippen LogP contribution in [-0.2, 0) is 23.9 Å². The van der Waals surface area contributed by atoms with Crippen molar-refractivity contribution in [2.75, 3.05) is 13.2 Å². The molecule has 0 aromatic heterocycles. The fourth-order valence-electron chi connectivity index (χ4n) is 5.43. The lowest BCUT2D eigenvalue weighted by Gasteiger charge is -2.45. The molecule has 2 bridgehead atoms. The van der Waals surface area contributed by atoms with E-state index in [0.717, 1.165) is 27.2 Å². The van der Waals surface area contributed by atoms with Crippen molar-refractivity contribution in [3.8, 4) is 0 Å². The molecule has 1 aliphatic heterocycles. The van der Waals surface area contributed by atoms with Crippen LogP contribution in [0, 0.1) is 17.3 Å². The molecule has 1 heterocycles. The second kappa shape index (κ2) is 7.12. The molecule has 0 N–H and O–H groups in total. The molecule has 2 aromatic rings. The SMILES string of the molecule is CC(C)(C)C(=O)COC(=O)CN1C(=O)[C@H]2C3c4ccccc4C(c4ccccc43)[C@@H]2C1=O. The van der Waals surface area contributed by atoms with E-state index in [9.17, 15) is 19.2 Å². The number of ether oxygens (including phenoxy) is 1. The first-order valence-corrected chi connectivity index (χ1v) is 10.9. The summed E-state index contributed by atoms with van der Waals surface area (Å²) in [5, 5.41) is 0. The minimum Gasteiger partial charge on any atom is -0.456 e. The molecule has 2 atom stereocenters. The lowest BCUT2D eigenvalue weighted by atomic mass is 9.55. The molecule has 32 heavy (non-hydrogen) atoms. The Labute approximate surface area is 186 Å². The first kappa shape index (κ1) is 20.6. The van der Waals surface area contributed by atoms with Crippen molar-refractivity contribution in [2.24, 2.45) is 17.3 Å². The summed E-state index contributed by atoms with van der Waals surface area (Å²) in [5.74, 6) is -3.11. The zero-order valence-electron chi connectivity index (χ0n) is 18.3. The smallest absolute Gasteiger partial charge is 0.326 e. The fraction of sp³-hybridized carbons (Fsp3) is 0.385. The third-order valence-corrected chi connectivity index (χ3v) is 7.03. The van der Waals surface area contributed by atoms with Gasteiger partial charge in [-0.25, -0.2) is 0 Å². The van der Waals surface area contributed by atoms with E-state index in [2.05, 4.69) is 0 Å². The number of amides is 2. The number of hydrogen-bond acceptors (Lipinski definition) is 5. The Balaban J connectivity index is 1.44. The van der Waals surface area contributed by atoms with E-state index in [1.807, 2.05) is 48.5 Å². The van der Waals surface area contributed by atoms with Gasteiger partial charge in [-0.2, -0.15) is 0 Å². The molecule has 4 aliphatic rings. The third kappa shape index (κ3) is 2.93. The Morgan fingerprint density at radius 1 is 0.812 bits per heavy atom. The zero-order valence-corrected chi connectivity index (χ0v) is 18.3. The van der Waals surface area contributed by atoms with Crippen LogP contribution >= 0.6 is 0 Å². The van der Waals surface area contributed by atoms with Gasteiger partial charge in [0.1, 0.15) is 6.54 Å². The van der Waals surface area contributed by atoms with E-state index in [0.29, 0.717) is 0 Å². The number of imide groups is 1. The summed E-state index contributed by atoms with van der Waals surface area (Å²) < 4.78 is 5.10. The first-order chi connectivity index (χ1) is 15.2. The van der Waals surface area contributed by atoms with Crippen LogP contribution in [0.25, 0.3) is 0 Å². The summed E-state index contributed by atoms with van der Waals surface area (Å²) in [6.07, 6.45) is 0. The van der Waals surface area contributed by atoms with E-state index in [4.69, 9.17) is 4.74 Å². The number of hydrogen-bond donors (Lipinski definition) is 0. The Bertz CT molecular complexity index is 1050. The second-order valence-corrected chi connectivity index (χ2v) is 9.86. The molecule has 2 amide bonds. The van der Waals surface area contributed by atoms with Gasteiger partial charge < -0.3 is 4.74 Å². The molecule has 3 aliphatic carbocycles. The van der Waals surface area contributed by atoms with Crippen LogP contribution in [0.1, 0.15) is 54.9 Å². The third-order valence-electron chi connectivity index (χ3n) is 7.03. The van der Waals surface area contributed by atoms with Crippen LogP contribution in [0.4, 0.5) is 0 Å². The zero-order chi connectivity index (χ0) is 22.8. The van der Waals surface area contributed by atoms with Crippen molar-refractivity contribution in [3.63, 3.8) is 0 Å². The minimum atomic E-state index is -0.745. The van der Waals surface area contributed by atoms with Gasteiger partial charge in [-0.3, -0.25) is 24.1 Å². The van der Waals surface area contributed by atoms with Crippen molar-refractivity contribution in [1.29, 1.82) is 0 Å². The van der Waals surface area contributed by atoms with Gasteiger partial charge in [0, 0.05) is 17.3 Å². The molecule has 6 rings (SSSR count). The van der Waals surface area contributed by atoms with Gasteiger partial charge in [-0.05, 0) is 22.3 Å². The van der Waals surface area contributed by atoms with Gasteiger partial charge in [-0.1, -0.05) is 69.3 Å². The van der Waals surface area contributed by atoms with Crippen molar-refractivity contribution >= 4 is 23.6 Å². The molecule has 2 aromatic carbocycles. The molecular formula is C26H25NO5. The van der Waals surface area contributed by atoms with Crippen LogP contribution in [-0.4, -0.2) is 41.6 Å². The highest BCUT2D eigenvalue weighted by atomic mass is 16.5. The van der Waals surface area contributed by atoms with Gasteiger partial charge in [0.25, 0.3) is 0 Å². The number of esters is 1. The highest BCUT2D eigenvalue weighted by molar-refractivity contribution is 6.09. The van der Waals surface area contributed by atoms with Gasteiger partial charge in [0.2, 0.25) is 11.8 Å². The Morgan fingerprint density at radius 2 is 1.22 bits per heavy atom. The maximum Gasteiger partial charge on any atom is 0.326 e. The molecule has 164 valence electrons. The molecule has 0 spiro atoms. The van der Waals surface area contributed by atoms with Crippen molar-refractivity contribution in [3.05, 3.63) is 70.8 Å². The Kier molecular flexibility index (Phi) is 4.59. The topological polar surface area (TPSA) is 80.8 Å². The molecule has 0 radical (unpaired) electrons. The summed E-state index contributed by atoms with van der Waals surface area (Å²) in [6.45, 7) is 4.40. The maximum absolute atomic E-state index is 13.4. The van der Waals surface area contributed by atoms with Crippen molar-refractivity contribution in [1.82, 2.24) is 4.90 Å². The van der Waals surface area contributed by atoms with Crippen LogP contribution in [0.15, 0.2) is 48.5 Å². The molecule has 1 fully saturated rings. The summed E-state index contributed by atoms with van der Waals surface area (Å²) >= 11 is 0. The van der Waals surface area contributed by atoms with E-state index in [-0.39, 0.29) is 36.0 Å². The highest BCUT2D eigenvalue weighted by Gasteiger charge is 2.61. The van der Waals surface area contributed by atoms with Crippen molar-refractivity contribution < 1.29 is 23.9 Å². The van der Waals surface area contributed by atoms with Crippen LogP contribution in [0.3, 0.4) is 0 Å². The van der Waals surface area contributed by atoms with Gasteiger partial charge in [0.05, 0.1) is 11.8 Å². The Morgan fingerprint density at radius 3 is 1.59 bits per heavy atom. The summed E-state index contributed by atoms with van der Waals surface area (Å²) in [5.41, 5.74) is 3.70. The minimum absolute atomic E-state index is 0.211. The molecule has 1 saturated heterocycles. The number of likely N-dealkylation sites (tertiary alicyclic amines) is 1. The van der Waals surface area contributed by atoms with Crippen LogP contribution in [0.5, 0.6) is 0 Å². The lowest BCUT2D eigenvalue weighted by molar-refractivity contribution is -0.155. The van der Waals surface area contributed by atoms with E-state index >= 15 is 0 Å². The summed E-state index contributed by atoms with van der Waals surface area (Å²) in [4.78, 5) is 52.4. The monoisotopic (exact) mass is 431 g/mol. The summed E-state index contributed by atoms with van der Waals surface area (Å²) in [7, 11) is 0. The first-order valence-electron chi connectivity index (χ1n) is 10.9. The molecular weight excluding hydrogens is 406 g/mol. The largest absolute Gasteiger partial charge is 0.456 e. The van der Waals surface area contributed by atoms with Gasteiger partial charge in [-0.15, -0.1) is 0 Å². The molecule has 6 heteroatoms. The highest BCUT2D eigenvalue weighted by Crippen LogP contribution is 2.60. The number of benzene rings is 2. The number of nitrogens with zero attached hydrogens (tertiary/aromatic N) is 1. The molecule has 6 nitrogen and oxygen atoms in total. The second-order valence-electron chi connectivity index (χ2n) is 9.86. The number of carbonyl (C=O) groups is 4. The average Bonchev–Trinajstić information content (AvgIpc) is 3.02. The van der Waals surface area contributed by atoms with Gasteiger partial charge in [0.15, 0.2) is 12.4 Å². The number of rotatable bonds is 4. The number of carbonyl (C=O) groups excluding carboxylic acids is 4. The predicted octanol–water partition coefficient (Wildman–Crippen LogP) is 3.04. The number of ketones is 1. The fourth-order valence-corrected chi connectivity index (χ4v) is 5.43. The lowest BCUT2D eigenvalue weighted by Crippen LogP contribution is -2.41. The van der Waals surface area contributed by atoms with Crippen molar-refractivity contribution in [2.45, 2.75) is 32.6 Å². The normalized spacial score (nSPS) is 25.3. The number of Topliss-reactive ketones (excluding diaryl/α,β-unsaturated/α-hetero) is 1. The standard InChI is InChI=1S/C26H25NO5/c1-26(2,3)18(28)13-32-19(29)12-27-24(30)22-20-14-8-4-5-9-15(14)21(23(22)25(27)31)17-11-7-6-10-16(17)20/h4-11,20-23H,12-13H2,1-3H3/t20?,21?,22-,23-/m0/s1. The maximum atomic E-state index is 13.4. The van der Waals surface area contributed by atoms with E-state index in [1.54, 1.807) is 20.8 Å². The van der Waals surface area contributed by atoms with Crippen LogP contribution in [0.2, 0.25) is 0 Å². The molecule has 0 unspecified atom stereocenters. The predicted molar refractivity (Wildman–Crippen MR) is 116 cm³/mol. The molecule has 0 saturated carbocycles. The van der Waals surface area contributed by atoms with Crippen LogP contribution < -0.4 is 0 Å². The van der Waals surface area contributed by atoms with E-state index in [1.165, 1.54) is 0 Å².